The van der Waals surface area contributed by atoms with Gasteiger partial charge in [0, 0.05) is 56.7 Å². The summed E-state index contributed by atoms with van der Waals surface area (Å²) in [5, 5.41) is 0. The first-order valence-corrected chi connectivity index (χ1v) is 10.4. The number of hydrogen-bond acceptors (Lipinski definition) is 4. The Hall–Kier alpha value is -0.740. The molecule has 4 nitrogen and oxygen atoms in total. The van der Waals surface area contributed by atoms with Crippen molar-refractivity contribution in [2.75, 3.05) is 32.7 Å². The van der Waals surface area contributed by atoms with Crippen LogP contribution in [-0.4, -0.2) is 76.6 Å². The molecule has 25 heavy (non-hydrogen) atoms. The molecule has 1 unspecified atom stereocenters. The van der Waals surface area contributed by atoms with Gasteiger partial charge < -0.3 is 9.80 Å². The topological polar surface area (TPSA) is 13.0 Å². The Morgan fingerprint density at radius 1 is 0.760 bits per heavy atom. The third kappa shape index (κ3) is 6.49. The van der Waals surface area contributed by atoms with Gasteiger partial charge >= 0.3 is 0 Å². The highest BCUT2D eigenvalue weighted by atomic mass is 15.4. The smallest absolute Gasteiger partial charge is 0.103 e. The summed E-state index contributed by atoms with van der Waals surface area (Å²) < 4.78 is 0. The zero-order chi connectivity index (χ0) is 19.1. The highest BCUT2D eigenvalue weighted by Crippen LogP contribution is 2.23. The van der Waals surface area contributed by atoms with Gasteiger partial charge in [-0.1, -0.05) is 20.8 Å². The van der Waals surface area contributed by atoms with Gasteiger partial charge in [0.1, 0.15) is 6.17 Å². The van der Waals surface area contributed by atoms with Crippen LogP contribution in [0.4, 0.5) is 0 Å². The molecule has 1 atom stereocenters. The molecule has 1 heterocycles. The third-order valence-corrected chi connectivity index (χ3v) is 5.45. The van der Waals surface area contributed by atoms with Gasteiger partial charge in [0.25, 0.3) is 0 Å². The number of hydrogen-bond donors (Lipinski definition) is 0. The first-order chi connectivity index (χ1) is 11.7. The van der Waals surface area contributed by atoms with E-state index in [9.17, 15) is 0 Å². The lowest BCUT2D eigenvalue weighted by atomic mass is 10.1. The van der Waals surface area contributed by atoms with Gasteiger partial charge in [-0.15, -0.1) is 0 Å². The first-order valence-electron chi connectivity index (χ1n) is 10.4. The Morgan fingerprint density at radius 2 is 1.24 bits per heavy atom. The second-order valence-electron chi connectivity index (χ2n) is 8.58. The molecular formula is C21H44N4. The maximum atomic E-state index is 2.59. The maximum Gasteiger partial charge on any atom is 0.103 e. The third-order valence-electron chi connectivity index (χ3n) is 5.45. The van der Waals surface area contributed by atoms with Crippen molar-refractivity contribution in [2.24, 2.45) is 5.92 Å². The Kier molecular flexibility index (Phi) is 9.29. The summed E-state index contributed by atoms with van der Waals surface area (Å²) in [5.74, 6) is 0.621. The lowest BCUT2D eigenvalue weighted by Gasteiger charge is -2.39. The van der Waals surface area contributed by atoms with Crippen molar-refractivity contribution < 1.29 is 0 Å². The molecule has 1 aliphatic rings. The van der Waals surface area contributed by atoms with Crippen LogP contribution >= 0.6 is 0 Å². The standard InChI is InChI=1S/C21H44N4/c1-10-22(18(4)5)11-12-23-13-14-24(21(23)17(2)3)15-16-25(19(6)7)20(8)9/h13-14,17-21H,10-12,15-16H2,1-9H3. The van der Waals surface area contributed by atoms with Crippen LogP contribution in [0.5, 0.6) is 0 Å². The second-order valence-corrected chi connectivity index (χ2v) is 8.58. The van der Waals surface area contributed by atoms with E-state index in [1.807, 2.05) is 0 Å². The molecule has 0 spiro atoms. The van der Waals surface area contributed by atoms with Crippen molar-refractivity contribution in [1.82, 2.24) is 19.6 Å². The minimum atomic E-state index is 0.493. The average molecular weight is 353 g/mol. The van der Waals surface area contributed by atoms with E-state index in [0.29, 0.717) is 30.2 Å². The molecule has 0 aromatic carbocycles. The summed E-state index contributed by atoms with van der Waals surface area (Å²) in [4.78, 5) is 10.2. The molecule has 0 aromatic rings. The molecule has 4 heteroatoms. The van der Waals surface area contributed by atoms with Crippen LogP contribution in [0.25, 0.3) is 0 Å². The molecule has 0 aliphatic carbocycles. The van der Waals surface area contributed by atoms with E-state index in [0.717, 1.165) is 32.7 Å². The van der Waals surface area contributed by atoms with Crippen molar-refractivity contribution in [3.63, 3.8) is 0 Å². The largest absolute Gasteiger partial charge is 0.354 e. The Labute approximate surface area is 157 Å². The summed E-state index contributed by atoms with van der Waals surface area (Å²) in [6.07, 6.45) is 5.12. The Morgan fingerprint density at radius 3 is 1.60 bits per heavy atom. The van der Waals surface area contributed by atoms with E-state index in [1.165, 1.54) is 0 Å². The van der Waals surface area contributed by atoms with Gasteiger partial charge in [-0.05, 0) is 54.0 Å². The predicted octanol–water partition coefficient (Wildman–Crippen LogP) is 3.91. The zero-order valence-corrected chi connectivity index (χ0v) is 18.4. The first kappa shape index (κ1) is 22.3. The number of rotatable bonds is 11. The molecule has 148 valence electrons. The van der Waals surface area contributed by atoms with Crippen LogP contribution in [0.15, 0.2) is 12.4 Å². The molecule has 0 aromatic heterocycles. The summed E-state index contributed by atoms with van der Waals surface area (Å²) in [6, 6.07) is 1.82. The van der Waals surface area contributed by atoms with Gasteiger partial charge in [0.05, 0.1) is 0 Å². The lowest BCUT2D eigenvalue weighted by Crippen LogP contribution is -2.49. The molecular weight excluding hydrogens is 308 g/mol. The molecule has 0 radical (unpaired) electrons. The van der Waals surface area contributed by atoms with Crippen molar-refractivity contribution in [1.29, 1.82) is 0 Å². The van der Waals surface area contributed by atoms with Crippen LogP contribution in [0.2, 0.25) is 0 Å². The van der Waals surface area contributed by atoms with Crippen LogP contribution in [0.1, 0.15) is 62.3 Å². The van der Waals surface area contributed by atoms with Crippen molar-refractivity contribution >= 4 is 0 Å². The van der Waals surface area contributed by atoms with Crippen LogP contribution in [0, 0.1) is 5.92 Å². The van der Waals surface area contributed by atoms with E-state index in [1.54, 1.807) is 0 Å². The van der Waals surface area contributed by atoms with E-state index >= 15 is 0 Å². The lowest BCUT2D eigenvalue weighted by molar-refractivity contribution is 0.0753. The maximum absolute atomic E-state index is 2.59. The van der Waals surface area contributed by atoms with E-state index < -0.39 is 0 Å². The second kappa shape index (κ2) is 10.4. The van der Waals surface area contributed by atoms with Crippen LogP contribution in [-0.2, 0) is 0 Å². The minimum Gasteiger partial charge on any atom is -0.354 e. The van der Waals surface area contributed by atoms with Gasteiger partial charge in [-0.2, -0.15) is 0 Å². The molecule has 1 aliphatic heterocycles. The molecule has 0 saturated heterocycles. The van der Waals surface area contributed by atoms with Crippen molar-refractivity contribution in [2.45, 2.75) is 86.6 Å². The summed E-state index contributed by atoms with van der Waals surface area (Å²) in [6.45, 7) is 26.4. The summed E-state index contributed by atoms with van der Waals surface area (Å²) >= 11 is 0. The number of likely N-dealkylation sites (N-methyl/N-ethyl adjacent to an activating group) is 1. The average Bonchev–Trinajstić information content (AvgIpc) is 2.90. The van der Waals surface area contributed by atoms with E-state index in [-0.39, 0.29) is 0 Å². The monoisotopic (exact) mass is 352 g/mol. The van der Waals surface area contributed by atoms with E-state index in [4.69, 9.17) is 0 Å². The van der Waals surface area contributed by atoms with Crippen molar-refractivity contribution in [3.05, 3.63) is 12.4 Å². The molecule has 0 saturated carbocycles. The fraction of sp³-hybridized carbons (Fsp3) is 0.905. The molecule has 0 fully saturated rings. The van der Waals surface area contributed by atoms with Gasteiger partial charge in [-0.3, -0.25) is 9.80 Å². The van der Waals surface area contributed by atoms with Crippen molar-refractivity contribution in [3.8, 4) is 0 Å². The fourth-order valence-corrected chi connectivity index (χ4v) is 4.09. The SMILES string of the molecule is CCN(CCN1C=CN(CCN(C(C)C)C(C)C)C1C(C)C)C(C)C. The van der Waals surface area contributed by atoms with Crippen LogP contribution in [0.3, 0.4) is 0 Å². The highest BCUT2D eigenvalue weighted by Gasteiger charge is 2.29. The van der Waals surface area contributed by atoms with Gasteiger partial charge in [0.15, 0.2) is 0 Å². The van der Waals surface area contributed by atoms with Gasteiger partial charge in [-0.25, -0.2) is 0 Å². The molecule has 1 rings (SSSR count). The quantitative estimate of drug-likeness (QED) is 0.559. The minimum absolute atomic E-state index is 0.493. The normalized spacial score (nSPS) is 18.4. The highest BCUT2D eigenvalue weighted by molar-refractivity contribution is 4.99. The molecule has 0 amide bonds. The van der Waals surface area contributed by atoms with Crippen LogP contribution < -0.4 is 0 Å². The summed E-state index contributed by atoms with van der Waals surface area (Å²) in [7, 11) is 0. The Balaban J connectivity index is 2.64. The zero-order valence-electron chi connectivity index (χ0n) is 18.4. The predicted molar refractivity (Wildman–Crippen MR) is 111 cm³/mol. The molecule has 0 bridgehead atoms. The van der Waals surface area contributed by atoms with Gasteiger partial charge in [0.2, 0.25) is 0 Å². The number of nitrogens with zero attached hydrogens (tertiary/aromatic N) is 4. The molecule has 0 N–H and O–H groups in total. The Bertz CT molecular complexity index is 381. The van der Waals surface area contributed by atoms with E-state index in [2.05, 4.69) is 94.3 Å². The fourth-order valence-electron chi connectivity index (χ4n) is 4.09. The summed E-state index contributed by atoms with van der Waals surface area (Å²) in [5.41, 5.74) is 0.